The first-order valence-corrected chi connectivity index (χ1v) is 9.78. The van der Waals surface area contributed by atoms with Crippen LogP contribution in [0, 0.1) is 0 Å². The molecule has 0 unspecified atom stereocenters. The summed E-state index contributed by atoms with van der Waals surface area (Å²) >= 11 is 0. The lowest BCUT2D eigenvalue weighted by molar-refractivity contribution is -0.120. The first-order chi connectivity index (χ1) is 14.5. The van der Waals surface area contributed by atoms with Crippen molar-refractivity contribution in [2.45, 2.75) is 31.5 Å². The van der Waals surface area contributed by atoms with E-state index < -0.39 is 24.1 Å². The molecule has 30 heavy (non-hydrogen) atoms. The maximum absolute atomic E-state index is 11.8. The van der Waals surface area contributed by atoms with E-state index in [2.05, 4.69) is 10.6 Å². The molecule has 0 saturated heterocycles. The number of aliphatic hydroxyl groups is 1. The summed E-state index contributed by atoms with van der Waals surface area (Å²) in [5, 5.41) is 15.5. The second-order valence-corrected chi connectivity index (χ2v) is 6.76. The van der Waals surface area contributed by atoms with Gasteiger partial charge in [0.15, 0.2) is 0 Å². The van der Waals surface area contributed by atoms with Crippen molar-refractivity contribution in [3.05, 3.63) is 65.7 Å². The van der Waals surface area contributed by atoms with Gasteiger partial charge in [-0.3, -0.25) is 10.1 Å². The molecule has 2 atom stereocenters. The highest BCUT2D eigenvalue weighted by atomic mass is 16.5. The molecule has 2 amide bonds. The third-order valence-corrected chi connectivity index (χ3v) is 4.60. The minimum atomic E-state index is -0.647. The number of aliphatic hydroxyl groups excluding tert-OH is 1. The number of benzene rings is 2. The molecule has 0 aromatic heterocycles. The topological polar surface area (TPSA) is 123 Å². The molecule has 0 spiro atoms. The first kappa shape index (κ1) is 23.2. The molecule has 8 nitrogen and oxygen atoms in total. The van der Waals surface area contributed by atoms with E-state index in [4.69, 9.17) is 15.2 Å². The lowest BCUT2D eigenvalue weighted by Crippen LogP contribution is -2.44. The summed E-state index contributed by atoms with van der Waals surface area (Å²) < 4.78 is 10.3. The molecule has 0 fully saturated rings. The molecule has 0 radical (unpaired) electrons. The van der Waals surface area contributed by atoms with Gasteiger partial charge in [0.05, 0.1) is 25.8 Å². The van der Waals surface area contributed by atoms with Gasteiger partial charge in [0.25, 0.3) is 0 Å². The Bertz CT molecular complexity index is 783. The van der Waals surface area contributed by atoms with Crippen molar-refractivity contribution in [3.63, 3.8) is 0 Å². The monoisotopic (exact) mass is 415 g/mol. The fourth-order valence-corrected chi connectivity index (χ4v) is 2.91. The van der Waals surface area contributed by atoms with Gasteiger partial charge < -0.3 is 25.6 Å². The summed E-state index contributed by atoms with van der Waals surface area (Å²) in [5.74, 6) is 0.181. The molecule has 8 heteroatoms. The first-order valence-electron chi connectivity index (χ1n) is 9.78. The zero-order valence-electron chi connectivity index (χ0n) is 17.0. The Kier molecular flexibility index (Phi) is 9.63. The van der Waals surface area contributed by atoms with E-state index in [1.54, 1.807) is 19.2 Å². The number of hydrogen-bond donors (Lipinski definition) is 4. The fraction of sp³-hybridized carbons (Fsp3) is 0.364. The number of alkyl carbamates (subject to hydrolysis) is 1. The maximum atomic E-state index is 11.8. The SMILES string of the molecule is COc1ccc([C@H](CO)N[C@H](CCCNC(=O)OCc2ccccc2)C(N)=O)cc1. The number of methoxy groups -OCH3 is 1. The zero-order chi connectivity index (χ0) is 21.8. The highest BCUT2D eigenvalue weighted by Gasteiger charge is 2.20. The van der Waals surface area contributed by atoms with Gasteiger partial charge in [-0.15, -0.1) is 0 Å². The van der Waals surface area contributed by atoms with Crippen LogP contribution in [-0.2, 0) is 16.1 Å². The van der Waals surface area contributed by atoms with Gasteiger partial charge in [-0.05, 0) is 36.1 Å². The van der Waals surface area contributed by atoms with Crippen molar-refractivity contribution >= 4 is 12.0 Å². The van der Waals surface area contributed by atoms with Gasteiger partial charge >= 0.3 is 6.09 Å². The summed E-state index contributed by atoms with van der Waals surface area (Å²) in [5.41, 5.74) is 7.22. The summed E-state index contributed by atoms with van der Waals surface area (Å²) in [4.78, 5) is 23.6. The average molecular weight is 415 g/mol. The Labute approximate surface area is 176 Å². The molecule has 0 heterocycles. The third kappa shape index (κ3) is 7.73. The molecule has 0 aliphatic heterocycles. The van der Waals surface area contributed by atoms with Gasteiger partial charge in [-0.2, -0.15) is 0 Å². The van der Waals surface area contributed by atoms with Gasteiger partial charge in [0, 0.05) is 6.54 Å². The molecule has 2 aromatic rings. The Balaban J connectivity index is 1.76. The number of carbonyl (C=O) groups is 2. The standard InChI is InChI=1S/C22H29N3O5/c1-29-18-11-9-17(10-12-18)20(14-26)25-19(21(23)27)8-5-13-24-22(28)30-15-16-6-3-2-4-7-16/h2-4,6-7,9-12,19-20,25-26H,5,8,13-15H2,1H3,(H2,23,27)(H,24,28)/t19-,20+/m1/s1. The van der Waals surface area contributed by atoms with Crippen LogP contribution in [-0.4, -0.2) is 43.4 Å². The molecular weight excluding hydrogens is 386 g/mol. The van der Waals surface area contributed by atoms with Crippen molar-refractivity contribution in [1.29, 1.82) is 0 Å². The van der Waals surface area contributed by atoms with Crippen molar-refractivity contribution in [3.8, 4) is 5.75 Å². The summed E-state index contributed by atoms with van der Waals surface area (Å²) in [7, 11) is 1.57. The van der Waals surface area contributed by atoms with E-state index in [0.29, 0.717) is 25.1 Å². The Morgan fingerprint density at radius 3 is 2.40 bits per heavy atom. The van der Waals surface area contributed by atoms with E-state index in [0.717, 1.165) is 11.1 Å². The van der Waals surface area contributed by atoms with Crippen LogP contribution in [0.2, 0.25) is 0 Å². The Hall–Kier alpha value is -3.10. The van der Waals surface area contributed by atoms with Crippen LogP contribution in [0.1, 0.15) is 30.0 Å². The quantitative estimate of drug-likeness (QED) is 0.393. The second-order valence-electron chi connectivity index (χ2n) is 6.76. The van der Waals surface area contributed by atoms with Gasteiger partial charge in [-0.25, -0.2) is 4.79 Å². The number of carbonyl (C=O) groups excluding carboxylic acids is 2. The van der Waals surface area contributed by atoms with Crippen LogP contribution in [0.5, 0.6) is 5.75 Å². The molecule has 162 valence electrons. The molecule has 5 N–H and O–H groups in total. The number of ether oxygens (including phenoxy) is 2. The fourth-order valence-electron chi connectivity index (χ4n) is 2.91. The molecular formula is C22H29N3O5. The largest absolute Gasteiger partial charge is 0.497 e. The van der Waals surface area contributed by atoms with Crippen molar-refractivity contribution in [2.24, 2.45) is 5.73 Å². The molecule has 2 aromatic carbocycles. The predicted molar refractivity (Wildman–Crippen MR) is 113 cm³/mol. The predicted octanol–water partition coefficient (Wildman–Crippen LogP) is 1.88. The maximum Gasteiger partial charge on any atom is 0.407 e. The van der Waals surface area contributed by atoms with E-state index in [1.165, 1.54) is 0 Å². The molecule has 2 rings (SSSR count). The van der Waals surface area contributed by atoms with Crippen LogP contribution in [0.25, 0.3) is 0 Å². The smallest absolute Gasteiger partial charge is 0.407 e. The van der Waals surface area contributed by atoms with Crippen molar-refractivity contribution in [2.75, 3.05) is 20.3 Å². The lowest BCUT2D eigenvalue weighted by Gasteiger charge is -2.23. The van der Waals surface area contributed by atoms with Crippen LogP contribution >= 0.6 is 0 Å². The van der Waals surface area contributed by atoms with Crippen molar-refractivity contribution < 1.29 is 24.2 Å². The van der Waals surface area contributed by atoms with Crippen LogP contribution < -0.4 is 21.1 Å². The minimum Gasteiger partial charge on any atom is -0.497 e. The number of nitrogens with two attached hydrogens (primary N) is 1. The van der Waals surface area contributed by atoms with Gasteiger partial charge in [-0.1, -0.05) is 42.5 Å². The summed E-state index contributed by atoms with van der Waals surface area (Å²) in [6.45, 7) is 0.337. The third-order valence-electron chi connectivity index (χ3n) is 4.60. The van der Waals surface area contributed by atoms with Crippen LogP contribution in [0.3, 0.4) is 0 Å². The number of hydrogen-bond acceptors (Lipinski definition) is 6. The van der Waals surface area contributed by atoms with Crippen LogP contribution in [0.4, 0.5) is 4.79 Å². The Morgan fingerprint density at radius 1 is 1.10 bits per heavy atom. The average Bonchev–Trinajstić information content (AvgIpc) is 2.78. The second kappa shape index (κ2) is 12.5. The van der Waals surface area contributed by atoms with E-state index in [-0.39, 0.29) is 13.2 Å². The van der Waals surface area contributed by atoms with Crippen LogP contribution in [0.15, 0.2) is 54.6 Å². The van der Waals surface area contributed by atoms with Gasteiger partial charge in [0.2, 0.25) is 5.91 Å². The number of rotatable bonds is 12. The lowest BCUT2D eigenvalue weighted by atomic mass is 10.0. The number of amides is 2. The highest BCUT2D eigenvalue weighted by molar-refractivity contribution is 5.79. The van der Waals surface area contributed by atoms with E-state index in [1.807, 2.05) is 42.5 Å². The molecule has 0 aliphatic rings. The normalized spacial score (nSPS) is 12.6. The number of primary amides is 1. The van der Waals surface area contributed by atoms with Crippen molar-refractivity contribution in [1.82, 2.24) is 10.6 Å². The van der Waals surface area contributed by atoms with Gasteiger partial charge in [0.1, 0.15) is 12.4 Å². The molecule has 0 aliphatic carbocycles. The summed E-state index contributed by atoms with van der Waals surface area (Å²) in [6, 6.07) is 15.5. The minimum absolute atomic E-state index is 0.193. The zero-order valence-corrected chi connectivity index (χ0v) is 17.0. The Morgan fingerprint density at radius 2 is 1.80 bits per heavy atom. The molecule has 0 saturated carbocycles. The van der Waals surface area contributed by atoms with E-state index >= 15 is 0 Å². The number of nitrogens with one attached hydrogen (secondary N) is 2. The highest BCUT2D eigenvalue weighted by Crippen LogP contribution is 2.18. The summed E-state index contributed by atoms with van der Waals surface area (Å²) in [6.07, 6.45) is 0.400. The molecule has 0 bridgehead atoms. The van der Waals surface area contributed by atoms with E-state index in [9.17, 15) is 14.7 Å².